The third-order valence-corrected chi connectivity index (χ3v) is 7.33. The maximum Gasteiger partial charge on any atom is 0.256 e. The van der Waals surface area contributed by atoms with E-state index in [1.807, 2.05) is 33.7 Å². The molecule has 10 nitrogen and oxygen atoms in total. The second-order valence-corrected chi connectivity index (χ2v) is 9.86. The van der Waals surface area contributed by atoms with Crippen LogP contribution in [0.2, 0.25) is 0 Å². The highest BCUT2D eigenvalue weighted by molar-refractivity contribution is 6.04. The van der Waals surface area contributed by atoms with Gasteiger partial charge in [-0.3, -0.25) is 14.0 Å². The van der Waals surface area contributed by atoms with Crippen LogP contribution in [0.3, 0.4) is 0 Å². The number of hydrogen-bond donors (Lipinski definition) is 2. The van der Waals surface area contributed by atoms with E-state index in [0.29, 0.717) is 54.9 Å². The molecule has 194 valence electrons. The van der Waals surface area contributed by atoms with Crippen molar-refractivity contribution in [3.63, 3.8) is 0 Å². The van der Waals surface area contributed by atoms with Gasteiger partial charge in [0.15, 0.2) is 0 Å². The molecule has 0 radical (unpaired) electrons. The molecule has 0 aliphatic carbocycles. The van der Waals surface area contributed by atoms with Crippen LogP contribution in [0.1, 0.15) is 41.4 Å². The molecule has 2 atom stereocenters. The Morgan fingerprint density at radius 1 is 1.08 bits per heavy atom. The molecule has 0 bridgehead atoms. The number of pyridine rings is 1. The number of fused-ring (bicyclic) bond motifs is 1. The summed E-state index contributed by atoms with van der Waals surface area (Å²) in [5.41, 5.74) is 9.08. The van der Waals surface area contributed by atoms with Crippen molar-refractivity contribution in [2.24, 2.45) is 5.92 Å². The predicted octanol–water partition coefficient (Wildman–Crippen LogP) is 3.37. The quantitative estimate of drug-likeness (QED) is 0.406. The number of nitrogen functional groups attached to an aromatic ring is 1. The first-order valence-corrected chi connectivity index (χ1v) is 12.9. The molecule has 38 heavy (non-hydrogen) atoms. The first-order valence-electron chi connectivity index (χ1n) is 12.9. The summed E-state index contributed by atoms with van der Waals surface area (Å²) in [6, 6.07) is 12.6. The van der Waals surface area contributed by atoms with Crippen LogP contribution in [-0.4, -0.2) is 62.4 Å². The largest absolute Gasteiger partial charge is 0.382 e. The number of rotatable bonds is 6. The van der Waals surface area contributed by atoms with Crippen molar-refractivity contribution < 1.29 is 14.3 Å². The molecule has 5 heterocycles. The molecule has 2 aliphatic heterocycles. The fourth-order valence-electron chi connectivity index (χ4n) is 5.30. The van der Waals surface area contributed by atoms with Gasteiger partial charge in [0.1, 0.15) is 28.7 Å². The van der Waals surface area contributed by atoms with Gasteiger partial charge in [-0.1, -0.05) is 18.2 Å². The zero-order valence-corrected chi connectivity index (χ0v) is 20.9. The van der Waals surface area contributed by atoms with E-state index < -0.39 is 0 Å². The zero-order valence-electron chi connectivity index (χ0n) is 20.9. The third-order valence-electron chi connectivity index (χ3n) is 7.33. The summed E-state index contributed by atoms with van der Waals surface area (Å²) in [6.07, 6.45) is 7.49. The first kappa shape index (κ1) is 24.1. The van der Waals surface area contributed by atoms with E-state index in [9.17, 15) is 9.59 Å². The van der Waals surface area contributed by atoms with Crippen molar-refractivity contribution in [3.05, 3.63) is 72.4 Å². The van der Waals surface area contributed by atoms with Gasteiger partial charge in [0, 0.05) is 68.4 Å². The fourth-order valence-corrected chi connectivity index (χ4v) is 5.30. The number of carbonyl (C=O) groups excluding carboxylic acids is 2. The lowest BCUT2D eigenvalue weighted by Crippen LogP contribution is -2.30. The topological polar surface area (TPSA) is 128 Å². The fraction of sp³-hybridized carbons (Fsp3) is 0.321. The highest BCUT2D eigenvalue weighted by atomic mass is 16.5. The van der Waals surface area contributed by atoms with Gasteiger partial charge in [-0.05, 0) is 43.0 Å². The molecule has 3 N–H and O–H groups in total. The molecule has 2 unspecified atom stereocenters. The number of nitrogens with zero attached hydrogens (tertiary/aromatic N) is 5. The number of nitrogens with one attached hydrogen (secondary N) is 1. The van der Waals surface area contributed by atoms with Gasteiger partial charge < -0.3 is 20.7 Å². The summed E-state index contributed by atoms with van der Waals surface area (Å²) < 4.78 is 7.42. The Hall–Kier alpha value is -4.31. The minimum Gasteiger partial charge on any atom is -0.382 e. The van der Waals surface area contributed by atoms with Crippen LogP contribution in [0, 0.1) is 5.92 Å². The molecule has 4 aromatic rings. The average molecular weight is 512 g/mol. The third kappa shape index (κ3) is 4.70. The van der Waals surface area contributed by atoms with Gasteiger partial charge in [-0.25, -0.2) is 15.0 Å². The Labute approximate surface area is 219 Å². The van der Waals surface area contributed by atoms with E-state index in [1.165, 1.54) is 0 Å². The number of aromatic nitrogens is 4. The number of likely N-dealkylation sites (tertiary alicyclic amines) is 1. The molecule has 2 aliphatic rings. The number of carbonyl (C=O) groups is 2. The molecule has 1 aromatic carbocycles. The predicted molar refractivity (Wildman–Crippen MR) is 143 cm³/mol. The first-order chi connectivity index (χ1) is 18.6. The van der Waals surface area contributed by atoms with E-state index in [-0.39, 0.29) is 17.7 Å². The lowest BCUT2D eigenvalue weighted by atomic mass is 10.0. The monoisotopic (exact) mass is 511 g/mol. The van der Waals surface area contributed by atoms with Crippen LogP contribution >= 0.6 is 0 Å². The van der Waals surface area contributed by atoms with Gasteiger partial charge in [0.05, 0.1) is 0 Å². The number of anilines is 2. The summed E-state index contributed by atoms with van der Waals surface area (Å²) in [5, 5.41) is 2.79. The van der Waals surface area contributed by atoms with E-state index >= 15 is 0 Å². The van der Waals surface area contributed by atoms with Gasteiger partial charge in [0.2, 0.25) is 5.91 Å². The maximum absolute atomic E-state index is 12.9. The standard InChI is InChI=1S/C28H29N7O3/c29-26-25-24(19-4-6-20(7-5-19)28(37)32-22-3-1-2-10-30-22)33-27(35(25)13-11-31-26)21-8-12-34(16-21)23(36)15-18-9-14-38-17-18/h1-7,10-11,13,18,21H,8-9,12,14-17H2,(H2,29,31)(H,30,32,37). The number of amides is 2. The Balaban J connectivity index is 1.24. The number of nitrogens with two attached hydrogens (primary N) is 1. The minimum absolute atomic E-state index is 0.0882. The molecule has 2 saturated heterocycles. The number of hydrogen-bond acceptors (Lipinski definition) is 7. The summed E-state index contributed by atoms with van der Waals surface area (Å²) in [5.74, 6) is 2.08. The Morgan fingerprint density at radius 3 is 2.71 bits per heavy atom. The maximum atomic E-state index is 12.9. The molecule has 0 spiro atoms. The van der Waals surface area contributed by atoms with Crippen molar-refractivity contribution in [1.29, 1.82) is 0 Å². The number of ether oxygens (including phenoxy) is 1. The van der Waals surface area contributed by atoms with Gasteiger partial charge in [-0.15, -0.1) is 0 Å². The van der Waals surface area contributed by atoms with Crippen molar-refractivity contribution in [2.75, 3.05) is 37.4 Å². The SMILES string of the molecule is Nc1nccn2c(C3CCN(C(=O)CC4CCOC4)C3)nc(-c3ccc(C(=O)Nc4ccccn4)cc3)c12. The zero-order chi connectivity index (χ0) is 26.1. The Bertz CT molecular complexity index is 1460. The molecule has 10 heteroatoms. The Morgan fingerprint density at radius 2 is 1.95 bits per heavy atom. The van der Waals surface area contributed by atoms with Crippen LogP contribution in [-0.2, 0) is 9.53 Å². The smallest absolute Gasteiger partial charge is 0.256 e. The number of benzene rings is 1. The van der Waals surface area contributed by atoms with E-state index in [2.05, 4.69) is 15.3 Å². The summed E-state index contributed by atoms with van der Waals surface area (Å²) in [7, 11) is 0. The van der Waals surface area contributed by atoms with Crippen LogP contribution in [0.25, 0.3) is 16.8 Å². The molecule has 2 fully saturated rings. The van der Waals surface area contributed by atoms with Crippen molar-refractivity contribution in [1.82, 2.24) is 24.3 Å². The van der Waals surface area contributed by atoms with Crippen LogP contribution in [0.15, 0.2) is 61.1 Å². The lowest BCUT2D eigenvalue weighted by Gasteiger charge is -2.18. The highest BCUT2D eigenvalue weighted by Gasteiger charge is 2.32. The van der Waals surface area contributed by atoms with E-state index in [1.54, 1.807) is 36.7 Å². The highest BCUT2D eigenvalue weighted by Crippen LogP contribution is 2.34. The van der Waals surface area contributed by atoms with Gasteiger partial charge in [-0.2, -0.15) is 0 Å². The second-order valence-electron chi connectivity index (χ2n) is 9.86. The minimum atomic E-state index is -0.244. The second kappa shape index (κ2) is 10.2. The van der Waals surface area contributed by atoms with Crippen LogP contribution in [0.4, 0.5) is 11.6 Å². The lowest BCUT2D eigenvalue weighted by molar-refractivity contribution is -0.131. The molecule has 3 aromatic heterocycles. The average Bonchev–Trinajstić information content (AvgIpc) is 3.70. The van der Waals surface area contributed by atoms with Crippen molar-refractivity contribution in [3.8, 4) is 11.3 Å². The van der Waals surface area contributed by atoms with E-state index in [0.717, 1.165) is 36.4 Å². The van der Waals surface area contributed by atoms with Gasteiger partial charge >= 0.3 is 0 Å². The summed E-state index contributed by atoms with van der Waals surface area (Å²) in [6.45, 7) is 2.75. The molecule has 6 rings (SSSR count). The molecule has 0 saturated carbocycles. The normalized spacial score (nSPS) is 19.2. The van der Waals surface area contributed by atoms with Gasteiger partial charge in [0.25, 0.3) is 5.91 Å². The summed E-state index contributed by atoms with van der Waals surface area (Å²) in [4.78, 5) is 41.0. The molecular weight excluding hydrogens is 482 g/mol. The van der Waals surface area contributed by atoms with Crippen LogP contribution in [0.5, 0.6) is 0 Å². The van der Waals surface area contributed by atoms with Crippen molar-refractivity contribution >= 4 is 29.0 Å². The van der Waals surface area contributed by atoms with Crippen LogP contribution < -0.4 is 11.1 Å². The molecule has 2 amide bonds. The molecular formula is C28H29N7O3. The van der Waals surface area contributed by atoms with Crippen molar-refractivity contribution in [2.45, 2.75) is 25.2 Å². The summed E-state index contributed by atoms with van der Waals surface area (Å²) >= 11 is 0. The Kier molecular flexibility index (Phi) is 6.47. The number of imidazole rings is 1. The van der Waals surface area contributed by atoms with E-state index in [4.69, 9.17) is 15.5 Å².